The first-order valence-corrected chi connectivity index (χ1v) is 9.02. The third-order valence-electron chi connectivity index (χ3n) is 4.48. The van der Waals surface area contributed by atoms with E-state index in [-0.39, 0.29) is 10.7 Å². The van der Waals surface area contributed by atoms with Crippen LogP contribution in [0.4, 0.5) is 11.4 Å². The van der Waals surface area contributed by atoms with Gasteiger partial charge in [-0.15, -0.1) is 0 Å². The Morgan fingerprint density at radius 1 is 0.889 bits per heavy atom. The van der Waals surface area contributed by atoms with Crippen LogP contribution in [0.5, 0.6) is 0 Å². The van der Waals surface area contributed by atoms with Crippen LogP contribution in [0.1, 0.15) is 5.56 Å². The van der Waals surface area contributed by atoms with Crippen LogP contribution in [0.3, 0.4) is 0 Å². The Morgan fingerprint density at radius 2 is 1.63 bits per heavy atom. The number of halogens is 2. The highest BCUT2D eigenvalue weighted by atomic mass is 35.5. The summed E-state index contributed by atoms with van der Waals surface area (Å²) in [7, 11) is 0. The summed E-state index contributed by atoms with van der Waals surface area (Å²) in [5.74, 6) is -1.04. The summed E-state index contributed by atoms with van der Waals surface area (Å²) >= 11 is 12.2. The molecule has 1 N–H and O–H groups in total. The van der Waals surface area contributed by atoms with E-state index in [0.717, 1.165) is 21.2 Å². The quantitative estimate of drug-likeness (QED) is 0.616. The van der Waals surface area contributed by atoms with Gasteiger partial charge < -0.3 is 5.32 Å². The standard InChI is InChI=1S/C21H14Cl2N2O2/c1-12-11-14(22)9-10-16(12)24-19-18(23)20(26)25(21(19)27)17-8-4-6-13-5-2-3-7-15(13)17/h2-11,24H,1H3. The van der Waals surface area contributed by atoms with Crippen molar-refractivity contribution in [1.29, 1.82) is 0 Å². The van der Waals surface area contributed by atoms with Crippen molar-refractivity contribution in [2.75, 3.05) is 10.2 Å². The SMILES string of the molecule is Cc1cc(Cl)ccc1NC1=C(Cl)C(=O)N(c2cccc3ccccc23)C1=O. The zero-order valence-electron chi connectivity index (χ0n) is 14.3. The maximum atomic E-state index is 13.0. The summed E-state index contributed by atoms with van der Waals surface area (Å²) in [5, 5.41) is 5.17. The molecule has 0 aliphatic carbocycles. The maximum absolute atomic E-state index is 13.0. The fraction of sp³-hybridized carbons (Fsp3) is 0.0476. The molecule has 3 aromatic rings. The second-order valence-corrected chi connectivity index (χ2v) is 7.03. The molecule has 27 heavy (non-hydrogen) atoms. The minimum atomic E-state index is -0.549. The molecule has 1 heterocycles. The van der Waals surface area contributed by atoms with E-state index in [4.69, 9.17) is 23.2 Å². The third kappa shape index (κ3) is 2.97. The van der Waals surface area contributed by atoms with Crippen LogP contribution in [0.2, 0.25) is 5.02 Å². The summed E-state index contributed by atoms with van der Waals surface area (Å²) in [5.41, 5.74) is 2.06. The third-order valence-corrected chi connectivity index (χ3v) is 5.07. The van der Waals surface area contributed by atoms with Crippen LogP contribution in [0, 0.1) is 6.92 Å². The molecular weight excluding hydrogens is 383 g/mol. The van der Waals surface area contributed by atoms with Crippen molar-refractivity contribution in [3.05, 3.63) is 82.0 Å². The molecule has 0 fully saturated rings. The van der Waals surface area contributed by atoms with E-state index in [0.29, 0.717) is 16.4 Å². The molecule has 1 aliphatic heterocycles. The van der Waals surface area contributed by atoms with Gasteiger partial charge in [0.15, 0.2) is 0 Å². The van der Waals surface area contributed by atoms with E-state index < -0.39 is 11.8 Å². The Kier molecular flexibility index (Phi) is 4.38. The van der Waals surface area contributed by atoms with Crippen molar-refractivity contribution < 1.29 is 9.59 Å². The van der Waals surface area contributed by atoms with Crippen LogP contribution < -0.4 is 10.2 Å². The van der Waals surface area contributed by atoms with E-state index in [1.165, 1.54) is 0 Å². The van der Waals surface area contributed by atoms with Gasteiger partial charge in [-0.3, -0.25) is 9.59 Å². The molecule has 0 saturated heterocycles. The minimum absolute atomic E-state index is 0.0556. The van der Waals surface area contributed by atoms with Gasteiger partial charge in [-0.25, -0.2) is 4.90 Å². The smallest absolute Gasteiger partial charge is 0.283 e. The number of amides is 2. The number of nitrogens with zero attached hydrogens (tertiary/aromatic N) is 1. The van der Waals surface area contributed by atoms with E-state index in [9.17, 15) is 9.59 Å². The second-order valence-electron chi connectivity index (χ2n) is 6.22. The predicted octanol–water partition coefficient (Wildman–Crippen LogP) is 5.24. The summed E-state index contributed by atoms with van der Waals surface area (Å²) in [6.07, 6.45) is 0. The molecule has 6 heteroatoms. The molecule has 0 radical (unpaired) electrons. The second kappa shape index (κ2) is 6.72. The molecule has 3 aromatic carbocycles. The molecule has 0 spiro atoms. The Balaban J connectivity index is 1.75. The molecule has 1 aliphatic rings. The van der Waals surface area contributed by atoms with Crippen LogP contribution in [0.25, 0.3) is 10.8 Å². The van der Waals surface area contributed by atoms with Gasteiger partial charge in [-0.05, 0) is 42.1 Å². The maximum Gasteiger partial charge on any atom is 0.283 e. The minimum Gasteiger partial charge on any atom is -0.349 e. The largest absolute Gasteiger partial charge is 0.349 e. The van der Waals surface area contributed by atoms with Crippen molar-refractivity contribution in [3.8, 4) is 0 Å². The molecule has 134 valence electrons. The Bertz CT molecular complexity index is 1130. The summed E-state index contributed by atoms with van der Waals surface area (Å²) in [4.78, 5) is 26.9. The normalized spacial score (nSPS) is 14.4. The average Bonchev–Trinajstić information content (AvgIpc) is 2.86. The molecule has 2 amide bonds. The highest BCUT2D eigenvalue weighted by molar-refractivity contribution is 6.53. The van der Waals surface area contributed by atoms with E-state index in [1.807, 2.05) is 37.3 Å². The Hall–Kier alpha value is -2.82. The van der Waals surface area contributed by atoms with Gasteiger partial charge in [0.2, 0.25) is 0 Å². The lowest BCUT2D eigenvalue weighted by molar-refractivity contribution is -0.120. The molecule has 4 rings (SSSR count). The zero-order valence-corrected chi connectivity index (χ0v) is 15.8. The van der Waals surface area contributed by atoms with Crippen molar-refractivity contribution in [2.45, 2.75) is 6.92 Å². The van der Waals surface area contributed by atoms with Crippen molar-refractivity contribution in [2.24, 2.45) is 0 Å². The van der Waals surface area contributed by atoms with Gasteiger partial charge in [0.25, 0.3) is 11.8 Å². The monoisotopic (exact) mass is 396 g/mol. The molecule has 0 atom stereocenters. The van der Waals surface area contributed by atoms with Gasteiger partial charge in [-0.2, -0.15) is 0 Å². The number of hydrogen-bond acceptors (Lipinski definition) is 3. The molecule has 0 aromatic heterocycles. The van der Waals surface area contributed by atoms with Crippen LogP contribution in [-0.2, 0) is 9.59 Å². The highest BCUT2D eigenvalue weighted by Crippen LogP contribution is 2.35. The molecule has 4 nitrogen and oxygen atoms in total. The van der Waals surface area contributed by atoms with Gasteiger partial charge in [0, 0.05) is 16.1 Å². The van der Waals surface area contributed by atoms with Crippen molar-refractivity contribution >= 4 is 57.2 Å². The van der Waals surface area contributed by atoms with Crippen LogP contribution in [0.15, 0.2) is 71.4 Å². The predicted molar refractivity (Wildman–Crippen MR) is 109 cm³/mol. The fourth-order valence-electron chi connectivity index (χ4n) is 3.14. The fourth-order valence-corrected chi connectivity index (χ4v) is 3.57. The van der Waals surface area contributed by atoms with E-state index in [2.05, 4.69) is 5.32 Å². The number of hydrogen-bond donors (Lipinski definition) is 1. The number of fused-ring (bicyclic) bond motifs is 1. The number of carbonyl (C=O) groups is 2. The first kappa shape index (κ1) is 17.6. The topological polar surface area (TPSA) is 49.4 Å². The van der Waals surface area contributed by atoms with Gasteiger partial charge in [-0.1, -0.05) is 59.6 Å². The average molecular weight is 397 g/mol. The lowest BCUT2D eigenvalue weighted by atomic mass is 10.1. The van der Waals surface area contributed by atoms with Gasteiger partial charge in [0.05, 0.1) is 5.69 Å². The Labute approximate surface area is 166 Å². The first-order chi connectivity index (χ1) is 13.0. The van der Waals surface area contributed by atoms with Gasteiger partial charge >= 0.3 is 0 Å². The van der Waals surface area contributed by atoms with E-state index in [1.54, 1.807) is 30.3 Å². The van der Waals surface area contributed by atoms with Crippen molar-refractivity contribution in [1.82, 2.24) is 0 Å². The lowest BCUT2D eigenvalue weighted by Crippen LogP contribution is -2.32. The number of benzene rings is 3. The number of nitrogens with one attached hydrogen (secondary N) is 1. The number of aryl methyl sites for hydroxylation is 1. The van der Waals surface area contributed by atoms with Gasteiger partial charge in [0.1, 0.15) is 10.7 Å². The molecule has 0 bridgehead atoms. The first-order valence-electron chi connectivity index (χ1n) is 8.27. The molecular formula is C21H14Cl2N2O2. The van der Waals surface area contributed by atoms with E-state index >= 15 is 0 Å². The number of imide groups is 1. The highest BCUT2D eigenvalue weighted by Gasteiger charge is 2.39. The molecule has 0 unspecified atom stereocenters. The number of rotatable bonds is 3. The molecule has 0 saturated carbocycles. The van der Waals surface area contributed by atoms with Crippen molar-refractivity contribution in [3.63, 3.8) is 0 Å². The lowest BCUT2D eigenvalue weighted by Gasteiger charge is -2.17. The zero-order chi connectivity index (χ0) is 19.1. The van der Waals surface area contributed by atoms with Crippen LogP contribution >= 0.6 is 23.2 Å². The van der Waals surface area contributed by atoms with Crippen LogP contribution in [-0.4, -0.2) is 11.8 Å². The summed E-state index contributed by atoms with van der Waals surface area (Å²) in [6, 6.07) is 18.2. The Morgan fingerprint density at radius 3 is 2.41 bits per heavy atom. The number of anilines is 2. The summed E-state index contributed by atoms with van der Waals surface area (Å²) < 4.78 is 0. The number of carbonyl (C=O) groups excluding carboxylic acids is 2. The summed E-state index contributed by atoms with van der Waals surface area (Å²) in [6.45, 7) is 1.85.